The Hall–Kier alpha value is -0.160. The van der Waals surface area contributed by atoms with Crippen LogP contribution in [0.5, 0.6) is 0 Å². The molecule has 4 heteroatoms. The minimum atomic E-state index is -0.605. The van der Waals surface area contributed by atoms with Gasteiger partial charge in [0.2, 0.25) is 0 Å². The first-order valence-electron chi connectivity index (χ1n) is 14.5. The third-order valence-electron chi connectivity index (χ3n) is 7.71. The fourth-order valence-electron chi connectivity index (χ4n) is 5.23. The molecule has 0 aliphatic carbocycles. The molecule has 0 aliphatic rings. The van der Waals surface area contributed by atoms with Gasteiger partial charge in [-0.3, -0.25) is 0 Å². The zero-order valence-electron chi connectivity index (χ0n) is 22.5. The summed E-state index contributed by atoms with van der Waals surface area (Å²) in [6.07, 6.45) is 24.4. The summed E-state index contributed by atoms with van der Waals surface area (Å²) in [5.41, 5.74) is -1.21. The summed E-state index contributed by atoms with van der Waals surface area (Å²) in [6.45, 7) is 4.15. The number of hydrogen-bond acceptors (Lipinski definition) is 4. The number of hydrogen-bond donors (Lipinski definition) is 4. The van der Waals surface area contributed by atoms with Gasteiger partial charge in [-0.05, 0) is 19.3 Å². The van der Waals surface area contributed by atoms with Crippen molar-refractivity contribution >= 4 is 0 Å². The van der Waals surface area contributed by atoms with E-state index in [0.717, 1.165) is 38.5 Å². The molecule has 0 aromatic heterocycles. The van der Waals surface area contributed by atoms with Gasteiger partial charge < -0.3 is 20.4 Å². The van der Waals surface area contributed by atoms with Crippen molar-refractivity contribution in [2.24, 2.45) is 10.8 Å². The van der Waals surface area contributed by atoms with Gasteiger partial charge in [0.15, 0.2) is 0 Å². The number of aliphatic hydroxyl groups excluding tert-OH is 4. The van der Waals surface area contributed by atoms with E-state index in [0.29, 0.717) is 6.42 Å². The van der Waals surface area contributed by atoms with Gasteiger partial charge in [-0.1, -0.05) is 129 Å². The van der Waals surface area contributed by atoms with Crippen molar-refractivity contribution < 1.29 is 20.4 Å². The lowest BCUT2D eigenvalue weighted by Crippen LogP contribution is -2.41. The maximum absolute atomic E-state index is 10.2. The van der Waals surface area contributed by atoms with E-state index >= 15 is 0 Å². The number of unbranched alkanes of at least 4 members (excludes halogenated alkanes) is 16. The average molecular weight is 473 g/mol. The van der Waals surface area contributed by atoms with Crippen molar-refractivity contribution in [2.75, 3.05) is 26.4 Å². The molecule has 0 fully saturated rings. The number of aliphatic hydroxyl groups is 4. The van der Waals surface area contributed by atoms with E-state index in [2.05, 4.69) is 13.8 Å². The lowest BCUT2D eigenvalue weighted by atomic mass is 9.68. The Morgan fingerprint density at radius 3 is 0.848 bits per heavy atom. The van der Waals surface area contributed by atoms with Crippen molar-refractivity contribution in [1.29, 1.82) is 0 Å². The normalized spacial score (nSPS) is 12.5. The van der Waals surface area contributed by atoms with Crippen LogP contribution in [-0.2, 0) is 0 Å². The third-order valence-corrected chi connectivity index (χ3v) is 7.71. The average Bonchev–Trinajstić information content (AvgIpc) is 2.85. The van der Waals surface area contributed by atoms with E-state index in [1.165, 1.54) is 89.9 Å². The molecule has 0 unspecified atom stereocenters. The van der Waals surface area contributed by atoms with Crippen LogP contribution in [0.4, 0.5) is 0 Å². The van der Waals surface area contributed by atoms with Crippen LogP contribution >= 0.6 is 0 Å². The molecule has 0 spiro atoms. The second-order valence-electron chi connectivity index (χ2n) is 11.0. The van der Waals surface area contributed by atoms with E-state index in [4.69, 9.17) is 0 Å². The molecule has 4 nitrogen and oxygen atoms in total. The van der Waals surface area contributed by atoms with Crippen molar-refractivity contribution in [3.63, 3.8) is 0 Å². The molecule has 0 radical (unpaired) electrons. The molecular weight excluding hydrogens is 412 g/mol. The molecule has 33 heavy (non-hydrogen) atoms. The predicted molar refractivity (Wildman–Crippen MR) is 142 cm³/mol. The lowest BCUT2D eigenvalue weighted by molar-refractivity contribution is -0.0456. The van der Waals surface area contributed by atoms with E-state index in [1.807, 2.05) is 0 Å². The molecule has 0 aromatic carbocycles. The van der Waals surface area contributed by atoms with Crippen molar-refractivity contribution in [3.8, 4) is 0 Å². The predicted octanol–water partition coefficient (Wildman–Crippen LogP) is 7.16. The quantitative estimate of drug-likeness (QED) is 0.101. The summed E-state index contributed by atoms with van der Waals surface area (Å²) in [5, 5.41) is 40.6. The molecule has 0 saturated carbocycles. The van der Waals surface area contributed by atoms with E-state index < -0.39 is 10.8 Å². The minimum absolute atomic E-state index is 0.0833. The minimum Gasteiger partial charge on any atom is -0.396 e. The Bertz CT molecular complexity index is 355. The maximum atomic E-state index is 10.2. The first-order chi connectivity index (χ1) is 16.1. The second kappa shape index (κ2) is 22.3. The van der Waals surface area contributed by atoms with Gasteiger partial charge in [0.25, 0.3) is 0 Å². The molecule has 0 atom stereocenters. The summed E-state index contributed by atoms with van der Waals surface area (Å²) in [5.74, 6) is 0. The first kappa shape index (κ1) is 32.8. The van der Waals surface area contributed by atoms with E-state index in [1.54, 1.807) is 0 Å². The van der Waals surface area contributed by atoms with Crippen LogP contribution in [0.15, 0.2) is 0 Å². The summed E-state index contributed by atoms with van der Waals surface area (Å²) in [6, 6.07) is 0. The van der Waals surface area contributed by atoms with Crippen LogP contribution in [-0.4, -0.2) is 46.9 Å². The maximum Gasteiger partial charge on any atom is 0.0509 e. The molecule has 0 aliphatic heterocycles. The highest BCUT2D eigenvalue weighted by atomic mass is 16.3. The van der Waals surface area contributed by atoms with Gasteiger partial charge in [0.05, 0.1) is 26.4 Å². The van der Waals surface area contributed by atoms with Crippen LogP contribution in [0.25, 0.3) is 0 Å². The first-order valence-corrected chi connectivity index (χ1v) is 14.5. The Balaban J connectivity index is 4.36. The zero-order valence-corrected chi connectivity index (χ0v) is 22.5. The molecule has 200 valence electrons. The second-order valence-corrected chi connectivity index (χ2v) is 11.0. The van der Waals surface area contributed by atoms with Crippen molar-refractivity contribution in [3.05, 3.63) is 0 Å². The van der Waals surface area contributed by atoms with Crippen LogP contribution in [0, 0.1) is 10.8 Å². The number of rotatable bonds is 26. The van der Waals surface area contributed by atoms with Crippen LogP contribution in [0.3, 0.4) is 0 Å². The van der Waals surface area contributed by atoms with E-state index in [-0.39, 0.29) is 26.4 Å². The van der Waals surface area contributed by atoms with Gasteiger partial charge in [-0.15, -0.1) is 0 Å². The van der Waals surface area contributed by atoms with Crippen molar-refractivity contribution in [1.82, 2.24) is 0 Å². The van der Waals surface area contributed by atoms with Gasteiger partial charge in [-0.2, -0.15) is 0 Å². The monoisotopic (exact) mass is 472 g/mol. The molecule has 0 aromatic rings. The summed E-state index contributed by atoms with van der Waals surface area (Å²) < 4.78 is 0. The van der Waals surface area contributed by atoms with Crippen LogP contribution in [0.1, 0.15) is 149 Å². The molecule has 0 heterocycles. The molecule has 0 bridgehead atoms. The lowest BCUT2D eigenvalue weighted by Gasteiger charge is -2.40. The fourth-order valence-corrected chi connectivity index (χ4v) is 5.23. The summed E-state index contributed by atoms with van der Waals surface area (Å²) in [7, 11) is 0. The summed E-state index contributed by atoms with van der Waals surface area (Å²) in [4.78, 5) is 0. The van der Waals surface area contributed by atoms with Gasteiger partial charge in [0, 0.05) is 10.8 Å². The molecule has 4 N–H and O–H groups in total. The highest BCUT2D eigenvalue weighted by molar-refractivity contribution is 4.89. The zero-order chi connectivity index (χ0) is 24.7. The Morgan fingerprint density at radius 2 is 0.606 bits per heavy atom. The molecular formula is C29H60O4. The standard InChI is InChI=1S/C29H60O4/c1-3-5-7-9-11-13-15-17-19-21-28(24-30,25-31)23-29(26-32,27-33)22-20-18-16-14-12-10-8-6-4-2/h30-33H,3-27H2,1-2H3. The van der Waals surface area contributed by atoms with Crippen LogP contribution in [0.2, 0.25) is 0 Å². The largest absolute Gasteiger partial charge is 0.396 e. The smallest absolute Gasteiger partial charge is 0.0509 e. The Morgan fingerprint density at radius 1 is 0.364 bits per heavy atom. The molecule has 0 rings (SSSR count). The fraction of sp³-hybridized carbons (Fsp3) is 1.00. The van der Waals surface area contributed by atoms with Crippen molar-refractivity contribution in [2.45, 2.75) is 149 Å². The SMILES string of the molecule is CCCCCCCCCCCC(CO)(CO)CC(CO)(CO)CCCCCCCCCCC. The topological polar surface area (TPSA) is 80.9 Å². The van der Waals surface area contributed by atoms with E-state index in [9.17, 15) is 20.4 Å². The third kappa shape index (κ3) is 16.2. The summed E-state index contributed by atoms with van der Waals surface area (Å²) >= 11 is 0. The van der Waals surface area contributed by atoms with Crippen LogP contribution < -0.4 is 0 Å². The molecule has 0 saturated heterocycles. The highest BCUT2D eigenvalue weighted by Crippen LogP contribution is 2.41. The Kier molecular flexibility index (Phi) is 22.2. The molecule has 0 amide bonds. The van der Waals surface area contributed by atoms with Gasteiger partial charge in [-0.25, -0.2) is 0 Å². The Labute approximate surface area is 206 Å². The highest BCUT2D eigenvalue weighted by Gasteiger charge is 2.39. The van der Waals surface area contributed by atoms with Gasteiger partial charge >= 0.3 is 0 Å². The van der Waals surface area contributed by atoms with Gasteiger partial charge in [0.1, 0.15) is 0 Å².